The normalized spacial score (nSPS) is 22.5. The molecule has 25 heavy (non-hydrogen) atoms. The van der Waals surface area contributed by atoms with Crippen LogP contribution in [0.15, 0.2) is 22.7 Å². The van der Waals surface area contributed by atoms with Gasteiger partial charge in [0, 0.05) is 36.2 Å². The van der Waals surface area contributed by atoms with Crippen LogP contribution in [0.4, 0.5) is 0 Å². The summed E-state index contributed by atoms with van der Waals surface area (Å²) in [7, 11) is 1.72. The van der Waals surface area contributed by atoms with Crippen LogP contribution in [0.5, 0.6) is 5.75 Å². The molecule has 0 unspecified atom stereocenters. The summed E-state index contributed by atoms with van der Waals surface area (Å²) in [5.41, 5.74) is 1.18. The van der Waals surface area contributed by atoms with Gasteiger partial charge < -0.3 is 9.64 Å². The van der Waals surface area contributed by atoms with Gasteiger partial charge in [-0.2, -0.15) is 0 Å². The van der Waals surface area contributed by atoms with Gasteiger partial charge in [-0.25, -0.2) is 0 Å². The third kappa shape index (κ3) is 4.98. The maximum absolute atomic E-state index is 12.9. The van der Waals surface area contributed by atoms with E-state index in [1.807, 2.05) is 12.1 Å². The Hall–Kier alpha value is -1.07. The Morgan fingerprint density at radius 2 is 1.92 bits per heavy atom. The Morgan fingerprint density at radius 1 is 1.16 bits per heavy atom. The summed E-state index contributed by atoms with van der Waals surface area (Å²) >= 11 is 3.55. The van der Waals surface area contributed by atoms with Crippen molar-refractivity contribution in [1.29, 1.82) is 0 Å². The molecule has 138 valence electrons. The van der Waals surface area contributed by atoms with E-state index in [-0.39, 0.29) is 5.92 Å². The standard InChI is InChI=1S/C20H29BrN2O2/c1-25-19-9-8-18(21)13-17(19)15-22-10-6-7-16(14-22)20(24)23-11-4-2-3-5-12-23/h8-9,13,16H,2-7,10-12,14-15H2,1H3/t16-/m1/s1. The third-order valence-corrected chi connectivity index (χ3v) is 5.90. The number of nitrogens with zero attached hydrogens (tertiary/aromatic N) is 2. The first-order valence-corrected chi connectivity index (χ1v) is 10.3. The number of amides is 1. The number of ether oxygens (including phenoxy) is 1. The van der Waals surface area contributed by atoms with Gasteiger partial charge in [-0.3, -0.25) is 9.69 Å². The Kier molecular flexibility index (Phi) is 6.77. The number of methoxy groups -OCH3 is 1. The van der Waals surface area contributed by atoms with Gasteiger partial charge in [-0.1, -0.05) is 28.8 Å². The molecular formula is C20H29BrN2O2. The van der Waals surface area contributed by atoms with Gasteiger partial charge in [-0.05, 0) is 50.4 Å². The molecular weight excluding hydrogens is 380 g/mol. The van der Waals surface area contributed by atoms with Crippen LogP contribution in [0.25, 0.3) is 0 Å². The van der Waals surface area contributed by atoms with Crippen LogP contribution < -0.4 is 4.74 Å². The lowest BCUT2D eigenvalue weighted by Gasteiger charge is -2.35. The first kappa shape index (κ1) is 18.7. The van der Waals surface area contributed by atoms with Gasteiger partial charge in [0.05, 0.1) is 13.0 Å². The number of hydrogen-bond acceptors (Lipinski definition) is 3. The highest BCUT2D eigenvalue weighted by Gasteiger charge is 2.29. The van der Waals surface area contributed by atoms with E-state index in [0.717, 1.165) is 68.6 Å². The molecule has 5 heteroatoms. The minimum atomic E-state index is 0.157. The molecule has 2 aliphatic heterocycles. The fourth-order valence-corrected chi connectivity index (χ4v) is 4.47. The van der Waals surface area contributed by atoms with Gasteiger partial charge in [0.15, 0.2) is 0 Å². The zero-order valence-corrected chi connectivity index (χ0v) is 16.8. The van der Waals surface area contributed by atoms with Crippen LogP contribution in [-0.4, -0.2) is 49.0 Å². The maximum Gasteiger partial charge on any atom is 0.226 e. The van der Waals surface area contributed by atoms with Crippen LogP contribution in [0.1, 0.15) is 44.1 Å². The molecule has 0 aromatic heterocycles. The average molecular weight is 409 g/mol. The summed E-state index contributed by atoms with van der Waals surface area (Å²) in [5.74, 6) is 1.46. The lowest BCUT2D eigenvalue weighted by Crippen LogP contribution is -2.44. The van der Waals surface area contributed by atoms with E-state index >= 15 is 0 Å². The second-order valence-corrected chi connectivity index (χ2v) is 8.19. The molecule has 2 heterocycles. The summed E-state index contributed by atoms with van der Waals surface area (Å²) in [6.07, 6.45) is 6.99. The predicted molar refractivity (Wildman–Crippen MR) is 104 cm³/mol. The minimum absolute atomic E-state index is 0.157. The molecule has 1 aromatic carbocycles. The summed E-state index contributed by atoms with van der Waals surface area (Å²) in [4.78, 5) is 17.5. The van der Waals surface area contributed by atoms with Gasteiger partial charge in [0.2, 0.25) is 5.91 Å². The summed E-state index contributed by atoms with van der Waals surface area (Å²) in [6, 6.07) is 6.13. The minimum Gasteiger partial charge on any atom is -0.496 e. The van der Waals surface area contributed by atoms with E-state index in [0.29, 0.717) is 5.91 Å². The summed E-state index contributed by atoms with van der Waals surface area (Å²) < 4.78 is 6.57. The van der Waals surface area contributed by atoms with Crippen LogP contribution in [0, 0.1) is 5.92 Å². The summed E-state index contributed by atoms with van der Waals surface area (Å²) in [6.45, 7) is 4.67. The third-order valence-electron chi connectivity index (χ3n) is 5.41. The van der Waals surface area contributed by atoms with Crippen molar-refractivity contribution in [3.63, 3.8) is 0 Å². The highest BCUT2D eigenvalue weighted by Crippen LogP contribution is 2.27. The van der Waals surface area contributed by atoms with E-state index in [4.69, 9.17) is 4.74 Å². The Labute approximate surface area is 159 Å². The van der Waals surface area contributed by atoms with Gasteiger partial charge in [0.1, 0.15) is 5.75 Å². The second-order valence-electron chi connectivity index (χ2n) is 7.27. The Bertz CT molecular complexity index is 585. The van der Waals surface area contributed by atoms with Gasteiger partial charge in [0.25, 0.3) is 0 Å². The second kappa shape index (κ2) is 9.04. The van der Waals surface area contributed by atoms with Gasteiger partial charge >= 0.3 is 0 Å². The van der Waals surface area contributed by atoms with E-state index in [2.05, 4.69) is 31.8 Å². The first-order valence-electron chi connectivity index (χ1n) is 9.51. The molecule has 2 saturated heterocycles. The molecule has 3 rings (SSSR count). The average Bonchev–Trinajstić information content (AvgIpc) is 2.91. The molecule has 1 aromatic rings. The van der Waals surface area contributed by atoms with Gasteiger partial charge in [-0.15, -0.1) is 0 Å². The number of benzene rings is 1. The SMILES string of the molecule is COc1ccc(Br)cc1CN1CCC[C@@H](C(=O)N2CCCCCC2)C1. The van der Waals surface area contributed by atoms with E-state index < -0.39 is 0 Å². The van der Waals surface area contributed by atoms with E-state index in [9.17, 15) is 4.79 Å². The van der Waals surface area contributed by atoms with Crippen molar-refractivity contribution >= 4 is 21.8 Å². The lowest BCUT2D eigenvalue weighted by atomic mass is 9.95. The molecule has 0 N–H and O–H groups in total. The molecule has 1 atom stereocenters. The number of carbonyl (C=O) groups is 1. The molecule has 0 spiro atoms. The van der Waals surface area contributed by atoms with Crippen molar-refractivity contribution in [3.8, 4) is 5.75 Å². The van der Waals surface area contributed by atoms with Crippen molar-refractivity contribution in [2.75, 3.05) is 33.3 Å². The fourth-order valence-electron chi connectivity index (χ4n) is 4.06. The Morgan fingerprint density at radius 3 is 2.64 bits per heavy atom. The number of rotatable bonds is 4. The Balaban J connectivity index is 1.63. The topological polar surface area (TPSA) is 32.8 Å². The molecule has 1 amide bonds. The number of carbonyl (C=O) groups excluding carboxylic acids is 1. The quantitative estimate of drug-likeness (QED) is 0.752. The van der Waals surface area contributed by atoms with Crippen LogP contribution in [0.3, 0.4) is 0 Å². The molecule has 2 fully saturated rings. The molecule has 2 aliphatic rings. The van der Waals surface area contributed by atoms with Crippen molar-refractivity contribution in [2.45, 2.75) is 45.1 Å². The molecule has 4 nitrogen and oxygen atoms in total. The zero-order chi connectivity index (χ0) is 17.6. The maximum atomic E-state index is 12.9. The first-order chi connectivity index (χ1) is 12.2. The summed E-state index contributed by atoms with van der Waals surface area (Å²) in [5, 5.41) is 0. The molecule has 0 bridgehead atoms. The van der Waals surface area contributed by atoms with Crippen molar-refractivity contribution in [1.82, 2.24) is 9.80 Å². The predicted octanol–water partition coefficient (Wildman–Crippen LogP) is 4.07. The lowest BCUT2D eigenvalue weighted by molar-refractivity contribution is -0.137. The van der Waals surface area contributed by atoms with Crippen molar-refractivity contribution in [3.05, 3.63) is 28.2 Å². The van der Waals surface area contributed by atoms with Crippen molar-refractivity contribution < 1.29 is 9.53 Å². The highest BCUT2D eigenvalue weighted by molar-refractivity contribution is 9.10. The largest absolute Gasteiger partial charge is 0.496 e. The van der Waals surface area contributed by atoms with Crippen LogP contribution >= 0.6 is 15.9 Å². The number of likely N-dealkylation sites (tertiary alicyclic amines) is 2. The van der Waals surface area contributed by atoms with Crippen LogP contribution in [0.2, 0.25) is 0 Å². The number of hydrogen-bond donors (Lipinski definition) is 0. The molecule has 0 aliphatic carbocycles. The molecule has 0 saturated carbocycles. The number of piperidine rings is 1. The monoisotopic (exact) mass is 408 g/mol. The van der Waals surface area contributed by atoms with E-state index in [1.54, 1.807) is 7.11 Å². The van der Waals surface area contributed by atoms with E-state index in [1.165, 1.54) is 18.4 Å². The zero-order valence-electron chi connectivity index (χ0n) is 15.2. The smallest absolute Gasteiger partial charge is 0.226 e. The van der Waals surface area contributed by atoms with Crippen LogP contribution in [-0.2, 0) is 11.3 Å². The highest BCUT2D eigenvalue weighted by atomic mass is 79.9. The molecule has 0 radical (unpaired) electrons. The van der Waals surface area contributed by atoms with Crippen molar-refractivity contribution in [2.24, 2.45) is 5.92 Å². The number of halogens is 1. The fraction of sp³-hybridized carbons (Fsp3) is 0.650.